The summed E-state index contributed by atoms with van der Waals surface area (Å²) >= 11 is 0. The van der Waals surface area contributed by atoms with Crippen LogP contribution in [0.2, 0.25) is 0 Å². The maximum atomic E-state index is 11.3. The highest BCUT2D eigenvalue weighted by molar-refractivity contribution is 6.06. The van der Waals surface area contributed by atoms with E-state index in [4.69, 9.17) is 9.47 Å². The van der Waals surface area contributed by atoms with E-state index in [0.29, 0.717) is 23.5 Å². The Morgan fingerprint density at radius 3 is 2.70 bits per heavy atom. The summed E-state index contributed by atoms with van der Waals surface area (Å²) in [6.07, 6.45) is 1.48. The molecule has 0 unspecified atom stereocenters. The van der Waals surface area contributed by atoms with Crippen molar-refractivity contribution in [3.05, 3.63) is 58.6 Å². The van der Waals surface area contributed by atoms with Gasteiger partial charge in [0.05, 0.1) is 7.11 Å². The molecule has 0 spiro atoms. The molecule has 0 aliphatic carbocycles. The van der Waals surface area contributed by atoms with Crippen LogP contribution in [0.1, 0.15) is 5.56 Å². The Morgan fingerprint density at radius 1 is 1.15 bits per heavy atom. The van der Waals surface area contributed by atoms with E-state index in [1.54, 1.807) is 19.2 Å². The summed E-state index contributed by atoms with van der Waals surface area (Å²) in [4.78, 5) is 15.2. The molecule has 100 valence electrons. The van der Waals surface area contributed by atoms with Crippen molar-refractivity contribution in [2.24, 2.45) is 4.99 Å². The lowest BCUT2D eigenvalue weighted by atomic mass is 10.2. The molecule has 3 rings (SSSR count). The van der Waals surface area contributed by atoms with Gasteiger partial charge in [-0.05, 0) is 11.6 Å². The number of nitrogens with zero attached hydrogens (tertiary/aromatic N) is 1. The highest BCUT2D eigenvalue weighted by Gasteiger charge is 2.10. The summed E-state index contributed by atoms with van der Waals surface area (Å²) in [7, 11) is 1.55. The molecular weight excluding hydrogens is 254 g/mol. The molecule has 0 radical (unpaired) electrons. The highest BCUT2D eigenvalue weighted by atomic mass is 16.5. The van der Waals surface area contributed by atoms with E-state index in [1.807, 2.05) is 30.3 Å². The number of hydrogen-bond acceptors (Lipinski definition) is 3. The third-order valence-electron chi connectivity index (χ3n) is 3.05. The second-order valence-corrected chi connectivity index (χ2v) is 4.43. The fourth-order valence-corrected chi connectivity index (χ4v) is 2.09. The van der Waals surface area contributed by atoms with Gasteiger partial charge < -0.3 is 9.47 Å². The molecule has 0 N–H and O–H groups in total. The van der Waals surface area contributed by atoms with Crippen molar-refractivity contribution in [3.8, 4) is 11.5 Å². The number of methoxy groups -OCH3 is 1. The van der Waals surface area contributed by atoms with Crippen LogP contribution in [0.5, 0.6) is 11.5 Å². The Balaban J connectivity index is 1.89. The zero-order valence-electron chi connectivity index (χ0n) is 11.0. The van der Waals surface area contributed by atoms with E-state index in [-0.39, 0.29) is 5.91 Å². The van der Waals surface area contributed by atoms with Gasteiger partial charge in [0.2, 0.25) is 0 Å². The van der Waals surface area contributed by atoms with E-state index >= 15 is 0 Å². The molecule has 2 aromatic rings. The van der Waals surface area contributed by atoms with Crippen LogP contribution in [0.25, 0.3) is 6.08 Å². The molecule has 1 heterocycles. The molecule has 0 aromatic heterocycles. The van der Waals surface area contributed by atoms with Crippen molar-refractivity contribution < 1.29 is 14.3 Å². The SMILES string of the molecule is COc1cc(OCc2ccccc2)cc2c1=NC(=O)C=2. The molecule has 20 heavy (non-hydrogen) atoms. The summed E-state index contributed by atoms with van der Waals surface area (Å²) in [5.41, 5.74) is 1.08. The third kappa shape index (κ3) is 2.40. The van der Waals surface area contributed by atoms with Crippen LogP contribution in [0.3, 0.4) is 0 Å². The Hall–Kier alpha value is -2.62. The summed E-state index contributed by atoms with van der Waals surface area (Å²) in [6, 6.07) is 13.4. The fourth-order valence-electron chi connectivity index (χ4n) is 2.09. The summed E-state index contributed by atoms with van der Waals surface area (Å²) in [6.45, 7) is 0.466. The van der Waals surface area contributed by atoms with Gasteiger partial charge in [-0.15, -0.1) is 0 Å². The zero-order chi connectivity index (χ0) is 13.9. The first kappa shape index (κ1) is 12.4. The van der Waals surface area contributed by atoms with Crippen LogP contribution in [0.15, 0.2) is 47.5 Å². The van der Waals surface area contributed by atoms with E-state index in [2.05, 4.69) is 4.99 Å². The van der Waals surface area contributed by atoms with Crippen molar-refractivity contribution in [1.29, 1.82) is 0 Å². The molecule has 0 fully saturated rings. The normalized spacial score (nSPS) is 12.3. The molecule has 2 aromatic carbocycles. The van der Waals surface area contributed by atoms with E-state index in [1.165, 1.54) is 6.08 Å². The Morgan fingerprint density at radius 2 is 1.95 bits per heavy atom. The van der Waals surface area contributed by atoms with Crippen LogP contribution < -0.4 is 20.0 Å². The van der Waals surface area contributed by atoms with E-state index in [0.717, 1.165) is 10.8 Å². The Labute approximate surface area is 116 Å². The van der Waals surface area contributed by atoms with Gasteiger partial charge in [0.25, 0.3) is 5.91 Å². The van der Waals surface area contributed by atoms with Crippen molar-refractivity contribution in [1.82, 2.24) is 0 Å². The Bertz CT molecular complexity index is 766. The molecule has 0 saturated heterocycles. The number of benzene rings is 2. The quantitative estimate of drug-likeness (QED) is 0.836. The first-order chi connectivity index (χ1) is 9.76. The average molecular weight is 267 g/mol. The standard InChI is InChI=1S/C16H13NO3/c1-19-14-9-13(7-12-8-15(18)17-16(12)14)20-10-11-5-3-2-4-6-11/h2-9H,10H2,1H3. The molecule has 0 saturated carbocycles. The minimum atomic E-state index is -0.265. The van der Waals surface area contributed by atoms with Crippen LogP contribution in [0, 0.1) is 0 Å². The smallest absolute Gasteiger partial charge is 0.271 e. The van der Waals surface area contributed by atoms with Gasteiger partial charge in [-0.3, -0.25) is 4.79 Å². The first-order valence-electron chi connectivity index (χ1n) is 6.25. The predicted molar refractivity (Wildman–Crippen MR) is 74.0 cm³/mol. The third-order valence-corrected chi connectivity index (χ3v) is 3.05. The summed E-state index contributed by atoms with van der Waals surface area (Å²) < 4.78 is 11.0. The van der Waals surface area contributed by atoms with Crippen molar-refractivity contribution in [3.63, 3.8) is 0 Å². The summed E-state index contributed by atoms with van der Waals surface area (Å²) in [5.74, 6) is 0.941. The molecule has 0 bridgehead atoms. The van der Waals surface area contributed by atoms with Crippen LogP contribution in [-0.4, -0.2) is 13.0 Å². The van der Waals surface area contributed by atoms with Crippen molar-refractivity contribution in [2.75, 3.05) is 7.11 Å². The van der Waals surface area contributed by atoms with Gasteiger partial charge in [0.15, 0.2) is 0 Å². The monoisotopic (exact) mass is 267 g/mol. The lowest BCUT2D eigenvalue weighted by Gasteiger charge is -2.08. The number of carbonyl (C=O) groups excluding carboxylic acids is 1. The van der Waals surface area contributed by atoms with E-state index < -0.39 is 0 Å². The topological polar surface area (TPSA) is 47.9 Å². The second-order valence-electron chi connectivity index (χ2n) is 4.43. The molecule has 1 amide bonds. The number of hydrogen-bond donors (Lipinski definition) is 0. The van der Waals surface area contributed by atoms with Gasteiger partial charge in [-0.25, -0.2) is 4.99 Å². The van der Waals surface area contributed by atoms with Crippen LogP contribution in [0.4, 0.5) is 0 Å². The number of ether oxygens (including phenoxy) is 2. The van der Waals surface area contributed by atoms with Crippen molar-refractivity contribution in [2.45, 2.75) is 6.61 Å². The number of amides is 1. The Kier molecular flexibility index (Phi) is 3.21. The summed E-state index contributed by atoms with van der Waals surface area (Å²) in [5, 5.41) is 1.31. The molecule has 4 heteroatoms. The van der Waals surface area contributed by atoms with Crippen LogP contribution >= 0.6 is 0 Å². The van der Waals surface area contributed by atoms with Gasteiger partial charge in [-0.1, -0.05) is 30.3 Å². The average Bonchev–Trinajstić information content (AvgIpc) is 2.85. The van der Waals surface area contributed by atoms with Gasteiger partial charge >= 0.3 is 0 Å². The minimum absolute atomic E-state index is 0.265. The molecule has 1 aliphatic rings. The molecule has 4 nitrogen and oxygen atoms in total. The molecular formula is C16H13NO3. The van der Waals surface area contributed by atoms with E-state index in [9.17, 15) is 4.79 Å². The maximum Gasteiger partial charge on any atom is 0.271 e. The highest BCUT2D eigenvalue weighted by Crippen LogP contribution is 2.15. The van der Waals surface area contributed by atoms with Gasteiger partial charge in [0.1, 0.15) is 23.5 Å². The van der Waals surface area contributed by atoms with Gasteiger partial charge in [0, 0.05) is 17.4 Å². The predicted octanol–water partition coefficient (Wildman–Crippen LogP) is 1.21. The molecule has 1 aliphatic heterocycles. The zero-order valence-corrected chi connectivity index (χ0v) is 11.0. The van der Waals surface area contributed by atoms with Gasteiger partial charge in [-0.2, -0.15) is 0 Å². The second kappa shape index (κ2) is 5.17. The minimum Gasteiger partial charge on any atom is -0.494 e. The first-order valence-corrected chi connectivity index (χ1v) is 6.25. The van der Waals surface area contributed by atoms with Crippen LogP contribution in [-0.2, 0) is 11.4 Å². The largest absolute Gasteiger partial charge is 0.494 e. The van der Waals surface area contributed by atoms with Crippen molar-refractivity contribution >= 4 is 12.0 Å². The number of fused-ring (bicyclic) bond motifs is 1. The number of carbonyl (C=O) groups is 1. The lowest BCUT2D eigenvalue weighted by molar-refractivity contribution is -0.112. The lowest BCUT2D eigenvalue weighted by Crippen LogP contribution is -2.23. The molecule has 0 atom stereocenters. The fraction of sp³-hybridized carbons (Fsp3) is 0.125. The maximum absolute atomic E-state index is 11.3. The number of rotatable bonds is 4.